The summed E-state index contributed by atoms with van der Waals surface area (Å²) in [4.78, 5) is 0. The van der Waals surface area contributed by atoms with E-state index in [1.54, 1.807) is 0 Å². The zero-order valence-electron chi connectivity index (χ0n) is 10.7. The van der Waals surface area contributed by atoms with Crippen molar-refractivity contribution in [2.24, 2.45) is 5.10 Å². The molecule has 1 aliphatic heterocycles. The topological polar surface area (TPSA) is 45.7 Å². The van der Waals surface area contributed by atoms with E-state index in [9.17, 15) is 8.78 Å². The lowest BCUT2D eigenvalue weighted by molar-refractivity contribution is 0.114. The van der Waals surface area contributed by atoms with E-state index < -0.39 is 11.6 Å². The van der Waals surface area contributed by atoms with Crippen LogP contribution in [0.5, 0.6) is 0 Å². The number of nitrogens with zero attached hydrogens (tertiary/aromatic N) is 1. The van der Waals surface area contributed by atoms with Crippen LogP contribution in [0, 0.1) is 11.6 Å². The van der Waals surface area contributed by atoms with E-state index in [-0.39, 0.29) is 11.7 Å². The fourth-order valence-electron chi connectivity index (χ4n) is 1.82. The molecule has 0 radical (unpaired) electrons. The first kappa shape index (κ1) is 14.8. The predicted molar refractivity (Wildman–Crippen MR) is 76.7 cm³/mol. The van der Waals surface area contributed by atoms with Crippen LogP contribution in [0.15, 0.2) is 23.3 Å². The number of hydrazone groups is 1. The minimum atomic E-state index is -0.672. The molecule has 4 nitrogen and oxygen atoms in total. The second-order valence-corrected chi connectivity index (χ2v) is 4.79. The quantitative estimate of drug-likeness (QED) is 0.507. The van der Waals surface area contributed by atoms with Crippen LogP contribution >= 0.6 is 12.2 Å². The molecule has 0 amide bonds. The van der Waals surface area contributed by atoms with Gasteiger partial charge in [0.1, 0.15) is 11.6 Å². The molecule has 1 aliphatic rings. The van der Waals surface area contributed by atoms with Crippen molar-refractivity contribution in [1.82, 2.24) is 10.7 Å². The van der Waals surface area contributed by atoms with Crippen molar-refractivity contribution >= 4 is 23.5 Å². The molecule has 1 fully saturated rings. The Kier molecular flexibility index (Phi) is 5.37. The highest BCUT2D eigenvalue weighted by Crippen LogP contribution is 2.10. The van der Waals surface area contributed by atoms with Gasteiger partial charge in [-0.2, -0.15) is 5.10 Å². The van der Waals surface area contributed by atoms with Gasteiger partial charge in [-0.25, -0.2) is 8.78 Å². The van der Waals surface area contributed by atoms with Gasteiger partial charge in [0.25, 0.3) is 0 Å². The molecule has 2 rings (SSSR count). The zero-order valence-corrected chi connectivity index (χ0v) is 11.6. The predicted octanol–water partition coefficient (Wildman–Crippen LogP) is 1.94. The highest BCUT2D eigenvalue weighted by molar-refractivity contribution is 7.80. The monoisotopic (exact) mass is 299 g/mol. The SMILES string of the molecule is Fc1ccc(C=NNC(=S)NCC2CCCO2)c(F)c1. The normalized spacial score (nSPS) is 18.4. The van der Waals surface area contributed by atoms with Crippen LogP contribution in [0.1, 0.15) is 18.4 Å². The average Bonchev–Trinajstić information content (AvgIpc) is 2.92. The van der Waals surface area contributed by atoms with Crippen molar-refractivity contribution in [1.29, 1.82) is 0 Å². The number of hydrogen-bond donors (Lipinski definition) is 2. The standard InChI is InChI=1S/C13H15F2N3OS/c14-10-4-3-9(12(15)6-10)7-17-18-13(20)16-8-11-2-1-5-19-11/h3-4,6-7,11H,1-2,5,8H2,(H2,16,18,20). The molecule has 20 heavy (non-hydrogen) atoms. The highest BCUT2D eigenvalue weighted by atomic mass is 32.1. The molecule has 108 valence electrons. The first-order chi connectivity index (χ1) is 9.65. The van der Waals surface area contributed by atoms with Crippen molar-refractivity contribution in [3.05, 3.63) is 35.4 Å². The van der Waals surface area contributed by atoms with Crippen LogP contribution in [0.2, 0.25) is 0 Å². The molecule has 1 unspecified atom stereocenters. The Labute approximate surface area is 121 Å². The van der Waals surface area contributed by atoms with Gasteiger partial charge in [-0.3, -0.25) is 5.43 Å². The minimum absolute atomic E-state index is 0.174. The number of rotatable bonds is 4. The molecule has 1 saturated heterocycles. The van der Waals surface area contributed by atoms with E-state index in [0.717, 1.165) is 25.5 Å². The van der Waals surface area contributed by atoms with Gasteiger partial charge in [0, 0.05) is 24.8 Å². The minimum Gasteiger partial charge on any atom is -0.376 e. The summed E-state index contributed by atoms with van der Waals surface area (Å²) < 4.78 is 31.4. The summed E-state index contributed by atoms with van der Waals surface area (Å²) in [7, 11) is 0. The third kappa shape index (κ3) is 4.50. The number of ether oxygens (including phenoxy) is 1. The van der Waals surface area contributed by atoms with Crippen LogP contribution in [-0.2, 0) is 4.74 Å². The van der Waals surface area contributed by atoms with Crippen LogP contribution in [0.25, 0.3) is 0 Å². The second-order valence-electron chi connectivity index (χ2n) is 4.38. The Morgan fingerprint density at radius 2 is 2.35 bits per heavy atom. The van der Waals surface area contributed by atoms with Gasteiger partial charge >= 0.3 is 0 Å². The molecule has 0 aromatic heterocycles. The lowest BCUT2D eigenvalue weighted by atomic mass is 10.2. The van der Waals surface area contributed by atoms with Crippen LogP contribution in [-0.4, -0.2) is 30.6 Å². The lowest BCUT2D eigenvalue weighted by Gasteiger charge is -2.11. The van der Waals surface area contributed by atoms with E-state index in [4.69, 9.17) is 17.0 Å². The van der Waals surface area contributed by atoms with Gasteiger partial charge in [-0.15, -0.1) is 0 Å². The van der Waals surface area contributed by atoms with E-state index >= 15 is 0 Å². The molecular weight excluding hydrogens is 284 g/mol. The van der Waals surface area contributed by atoms with Crippen molar-refractivity contribution in [2.45, 2.75) is 18.9 Å². The Hall–Kier alpha value is -1.60. The smallest absolute Gasteiger partial charge is 0.187 e. The molecule has 1 heterocycles. The maximum absolute atomic E-state index is 13.3. The Morgan fingerprint density at radius 3 is 3.05 bits per heavy atom. The van der Waals surface area contributed by atoms with E-state index in [2.05, 4.69) is 15.8 Å². The molecule has 0 spiro atoms. The molecular formula is C13H15F2N3OS. The van der Waals surface area contributed by atoms with Gasteiger partial charge in [-0.05, 0) is 37.2 Å². The summed E-state index contributed by atoms with van der Waals surface area (Å²) in [5, 5.41) is 7.09. The maximum Gasteiger partial charge on any atom is 0.187 e. The lowest BCUT2D eigenvalue weighted by Crippen LogP contribution is -2.37. The fraction of sp³-hybridized carbons (Fsp3) is 0.385. The molecule has 2 N–H and O–H groups in total. The third-order valence-corrected chi connectivity index (χ3v) is 3.08. The summed E-state index contributed by atoms with van der Waals surface area (Å²) in [5.41, 5.74) is 2.75. The van der Waals surface area contributed by atoms with E-state index in [0.29, 0.717) is 11.7 Å². The van der Waals surface area contributed by atoms with Crippen LogP contribution in [0.4, 0.5) is 8.78 Å². The summed E-state index contributed by atoms with van der Waals surface area (Å²) in [5.74, 6) is -1.30. The van der Waals surface area contributed by atoms with Crippen molar-refractivity contribution in [3.8, 4) is 0 Å². The first-order valence-corrected chi connectivity index (χ1v) is 6.69. The van der Waals surface area contributed by atoms with Gasteiger partial charge in [-0.1, -0.05) is 0 Å². The third-order valence-electron chi connectivity index (χ3n) is 2.85. The van der Waals surface area contributed by atoms with E-state index in [1.807, 2.05) is 0 Å². The average molecular weight is 299 g/mol. The molecule has 1 aromatic carbocycles. The second kappa shape index (κ2) is 7.25. The van der Waals surface area contributed by atoms with Crippen molar-refractivity contribution < 1.29 is 13.5 Å². The largest absolute Gasteiger partial charge is 0.376 e. The fourth-order valence-corrected chi connectivity index (χ4v) is 1.95. The molecule has 7 heteroatoms. The number of benzene rings is 1. The Morgan fingerprint density at radius 1 is 1.50 bits per heavy atom. The molecule has 1 atom stereocenters. The van der Waals surface area contributed by atoms with Crippen molar-refractivity contribution in [3.63, 3.8) is 0 Å². The van der Waals surface area contributed by atoms with Gasteiger partial charge in [0.2, 0.25) is 0 Å². The number of thiocarbonyl (C=S) groups is 1. The van der Waals surface area contributed by atoms with Crippen LogP contribution in [0.3, 0.4) is 0 Å². The van der Waals surface area contributed by atoms with Gasteiger partial charge < -0.3 is 10.1 Å². The molecule has 0 aliphatic carbocycles. The summed E-state index contributed by atoms with van der Waals surface area (Å²) >= 11 is 5.01. The Bertz CT molecular complexity index is 504. The summed E-state index contributed by atoms with van der Waals surface area (Å²) in [6.07, 6.45) is 3.50. The first-order valence-electron chi connectivity index (χ1n) is 6.29. The van der Waals surface area contributed by atoms with Crippen LogP contribution < -0.4 is 10.7 Å². The summed E-state index contributed by atoms with van der Waals surface area (Å²) in [6, 6.07) is 3.27. The molecule has 1 aromatic rings. The van der Waals surface area contributed by atoms with E-state index in [1.165, 1.54) is 18.3 Å². The number of halogens is 2. The van der Waals surface area contributed by atoms with Gasteiger partial charge in [0.05, 0.1) is 12.3 Å². The number of hydrogen-bond acceptors (Lipinski definition) is 3. The van der Waals surface area contributed by atoms with Crippen molar-refractivity contribution in [2.75, 3.05) is 13.2 Å². The highest BCUT2D eigenvalue weighted by Gasteiger charge is 2.14. The molecule has 0 bridgehead atoms. The summed E-state index contributed by atoms with van der Waals surface area (Å²) in [6.45, 7) is 1.40. The molecule has 0 saturated carbocycles. The maximum atomic E-state index is 13.3. The Balaban J connectivity index is 1.75. The zero-order chi connectivity index (χ0) is 14.4. The number of nitrogens with one attached hydrogen (secondary N) is 2. The van der Waals surface area contributed by atoms with Gasteiger partial charge in [0.15, 0.2) is 5.11 Å².